The highest BCUT2D eigenvalue weighted by Gasteiger charge is 2.26. The Kier molecular flexibility index (Phi) is 8.09. The standard InChI is InChI=1S/C21H29ClN4O3S2/c1-4-26(5-2)31(28,29)19-11-16(8-9-18(19)22)20(27)24-21-23-17(14-30-21)13-25-10-6-7-15(3)12-25/h8-9,11,14-15H,4-7,10,12-13H2,1-3H3,(H,23,24,27)/t15-/m0/s1. The lowest BCUT2D eigenvalue weighted by molar-refractivity contribution is 0.102. The van der Waals surface area contributed by atoms with Crippen LogP contribution in [0.25, 0.3) is 0 Å². The molecular formula is C21H29ClN4O3S2. The Balaban J connectivity index is 1.72. The van der Waals surface area contributed by atoms with Crippen LogP contribution in [-0.2, 0) is 16.6 Å². The van der Waals surface area contributed by atoms with E-state index in [4.69, 9.17) is 11.6 Å². The third-order valence-electron chi connectivity index (χ3n) is 5.42. The van der Waals surface area contributed by atoms with E-state index in [2.05, 4.69) is 22.1 Å². The molecule has 1 aliphatic rings. The maximum atomic E-state index is 12.9. The van der Waals surface area contributed by atoms with Gasteiger partial charge in [0.15, 0.2) is 5.13 Å². The van der Waals surface area contributed by atoms with Crippen molar-refractivity contribution >= 4 is 44.0 Å². The number of carbonyl (C=O) groups excluding carboxylic acids is 1. The largest absolute Gasteiger partial charge is 0.298 e. The molecule has 170 valence electrons. The molecule has 7 nitrogen and oxygen atoms in total. The van der Waals surface area contributed by atoms with E-state index in [9.17, 15) is 13.2 Å². The molecule has 3 rings (SSSR count). The van der Waals surface area contributed by atoms with Gasteiger partial charge in [-0.15, -0.1) is 11.3 Å². The number of carbonyl (C=O) groups is 1. The van der Waals surface area contributed by atoms with Gasteiger partial charge in [-0.2, -0.15) is 4.31 Å². The number of piperidine rings is 1. The lowest BCUT2D eigenvalue weighted by Crippen LogP contribution is -2.33. The molecule has 10 heteroatoms. The molecular weight excluding hydrogens is 456 g/mol. The van der Waals surface area contributed by atoms with Gasteiger partial charge in [0.25, 0.3) is 5.91 Å². The number of benzene rings is 1. The molecule has 1 atom stereocenters. The van der Waals surface area contributed by atoms with Crippen molar-refractivity contribution in [3.8, 4) is 0 Å². The van der Waals surface area contributed by atoms with E-state index >= 15 is 0 Å². The Bertz CT molecular complexity index is 1020. The molecule has 0 aliphatic carbocycles. The van der Waals surface area contributed by atoms with Gasteiger partial charge < -0.3 is 0 Å². The summed E-state index contributed by atoms with van der Waals surface area (Å²) in [5.74, 6) is 0.276. The second kappa shape index (κ2) is 10.4. The second-order valence-electron chi connectivity index (χ2n) is 7.82. The van der Waals surface area contributed by atoms with Crippen molar-refractivity contribution in [1.82, 2.24) is 14.2 Å². The topological polar surface area (TPSA) is 82.6 Å². The van der Waals surface area contributed by atoms with Gasteiger partial charge in [0.2, 0.25) is 10.0 Å². The summed E-state index contributed by atoms with van der Waals surface area (Å²) in [6.45, 7) is 9.33. The first-order chi connectivity index (χ1) is 14.7. The Labute approximate surface area is 193 Å². The zero-order chi connectivity index (χ0) is 22.6. The minimum Gasteiger partial charge on any atom is -0.298 e. The van der Waals surface area contributed by atoms with Crippen LogP contribution in [0, 0.1) is 5.92 Å². The molecule has 1 N–H and O–H groups in total. The van der Waals surface area contributed by atoms with Crippen molar-refractivity contribution in [2.24, 2.45) is 5.92 Å². The summed E-state index contributed by atoms with van der Waals surface area (Å²) < 4.78 is 27.0. The fourth-order valence-electron chi connectivity index (χ4n) is 3.81. The molecule has 1 aromatic carbocycles. The van der Waals surface area contributed by atoms with Gasteiger partial charge in [0.05, 0.1) is 10.7 Å². The summed E-state index contributed by atoms with van der Waals surface area (Å²) >= 11 is 7.52. The van der Waals surface area contributed by atoms with E-state index in [0.717, 1.165) is 25.3 Å². The van der Waals surface area contributed by atoms with E-state index in [-0.39, 0.29) is 15.5 Å². The van der Waals surface area contributed by atoms with Crippen molar-refractivity contribution in [2.75, 3.05) is 31.5 Å². The molecule has 2 aromatic rings. The zero-order valence-corrected chi connectivity index (χ0v) is 20.5. The summed E-state index contributed by atoms with van der Waals surface area (Å²) in [6, 6.07) is 4.29. The van der Waals surface area contributed by atoms with Crippen LogP contribution in [0.1, 0.15) is 49.7 Å². The molecule has 1 aliphatic heterocycles. The van der Waals surface area contributed by atoms with Crippen LogP contribution >= 0.6 is 22.9 Å². The summed E-state index contributed by atoms with van der Waals surface area (Å²) in [7, 11) is -3.77. The summed E-state index contributed by atoms with van der Waals surface area (Å²) in [5, 5.41) is 5.32. The molecule has 0 radical (unpaired) electrons. The quantitative estimate of drug-likeness (QED) is 0.603. The number of likely N-dealkylation sites (tertiary alicyclic amines) is 1. The number of rotatable bonds is 8. The Morgan fingerprint density at radius 3 is 2.77 bits per heavy atom. The molecule has 31 heavy (non-hydrogen) atoms. The monoisotopic (exact) mass is 484 g/mol. The molecule has 0 unspecified atom stereocenters. The van der Waals surface area contributed by atoms with Gasteiger partial charge in [0.1, 0.15) is 4.90 Å². The summed E-state index contributed by atoms with van der Waals surface area (Å²) in [5.41, 5.74) is 1.15. The van der Waals surface area contributed by atoms with E-state index < -0.39 is 15.9 Å². The molecule has 1 amide bonds. The van der Waals surface area contributed by atoms with Crippen molar-refractivity contribution in [3.63, 3.8) is 0 Å². The third kappa shape index (κ3) is 5.84. The highest BCUT2D eigenvalue weighted by molar-refractivity contribution is 7.89. The second-order valence-corrected chi connectivity index (χ2v) is 11.0. The van der Waals surface area contributed by atoms with Gasteiger partial charge in [-0.1, -0.05) is 32.4 Å². The minimum absolute atomic E-state index is 0.0652. The number of thiazole rings is 1. The Morgan fingerprint density at radius 2 is 2.10 bits per heavy atom. The first kappa shape index (κ1) is 24.1. The van der Waals surface area contributed by atoms with Crippen LogP contribution < -0.4 is 5.32 Å². The number of nitrogens with one attached hydrogen (secondary N) is 1. The maximum absolute atomic E-state index is 12.9. The average Bonchev–Trinajstić information content (AvgIpc) is 3.15. The van der Waals surface area contributed by atoms with Gasteiger partial charge in [-0.3, -0.25) is 15.0 Å². The molecule has 0 bridgehead atoms. The van der Waals surface area contributed by atoms with Gasteiger partial charge in [-0.25, -0.2) is 13.4 Å². The summed E-state index contributed by atoms with van der Waals surface area (Å²) in [4.78, 5) is 19.6. The van der Waals surface area contributed by atoms with Gasteiger partial charge in [0, 0.05) is 37.1 Å². The number of hydrogen-bond donors (Lipinski definition) is 1. The maximum Gasteiger partial charge on any atom is 0.257 e. The fraction of sp³-hybridized carbons (Fsp3) is 0.524. The first-order valence-electron chi connectivity index (χ1n) is 10.5. The number of hydrogen-bond acceptors (Lipinski definition) is 6. The van der Waals surface area contributed by atoms with Crippen LogP contribution in [-0.4, -0.2) is 54.7 Å². The molecule has 2 heterocycles. The van der Waals surface area contributed by atoms with Crippen LogP contribution in [0.4, 0.5) is 5.13 Å². The van der Waals surface area contributed by atoms with E-state index in [1.54, 1.807) is 13.8 Å². The summed E-state index contributed by atoms with van der Waals surface area (Å²) in [6.07, 6.45) is 2.46. The van der Waals surface area contributed by atoms with Gasteiger partial charge >= 0.3 is 0 Å². The highest BCUT2D eigenvalue weighted by Crippen LogP contribution is 2.27. The predicted octanol–water partition coefficient (Wildman–Crippen LogP) is 4.31. The fourth-order valence-corrected chi connectivity index (χ4v) is 6.47. The number of nitrogens with zero attached hydrogens (tertiary/aromatic N) is 3. The number of amides is 1. The molecule has 1 fully saturated rings. The zero-order valence-electron chi connectivity index (χ0n) is 18.1. The average molecular weight is 485 g/mol. The molecule has 1 saturated heterocycles. The smallest absolute Gasteiger partial charge is 0.257 e. The lowest BCUT2D eigenvalue weighted by Gasteiger charge is -2.30. The van der Waals surface area contributed by atoms with Crippen LogP contribution in [0.3, 0.4) is 0 Å². The van der Waals surface area contributed by atoms with Crippen LogP contribution in [0.2, 0.25) is 5.02 Å². The van der Waals surface area contributed by atoms with Crippen molar-refractivity contribution in [2.45, 2.75) is 45.1 Å². The lowest BCUT2D eigenvalue weighted by atomic mass is 10.0. The van der Waals surface area contributed by atoms with E-state index in [1.807, 2.05) is 5.38 Å². The highest BCUT2D eigenvalue weighted by atomic mass is 35.5. The minimum atomic E-state index is -3.77. The number of anilines is 1. The molecule has 0 saturated carbocycles. The van der Waals surface area contributed by atoms with E-state index in [0.29, 0.717) is 24.1 Å². The molecule has 1 aromatic heterocycles. The number of halogens is 1. The van der Waals surface area contributed by atoms with Gasteiger partial charge in [-0.05, 0) is 43.5 Å². The molecule has 0 spiro atoms. The normalized spacial score (nSPS) is 17.8. The Hall–Kier alpha value is -1.52. The Morgan fingerprint density at radius 1 is 1.35 bits per heavy atom. The van der Waals surface area contributed by atoms with E-state index in [1.165, 1.54) is 46.7 Å². The third-order valence-corrected chi connectivity index (χ3v) is 8.75. The number of aromatic nitrogens is 1. The van der Waals surface area contributed by atoms with Crippen molar-refractivity contribution in [1.29, 1.82) is 0 Å². The van der Waals surface area contributed by atoms with Crippen molar-refractivity contribution < 1.29 is 13.2 Å². The van der Waals surface area contributed by atoms with Crippen LogP contribution in [0.5, 0.6) is 0 Å². The van der Waals surface area contributed by atoms with Crippen molar-refractivity contribution in [3.05, 3.63) is 39.9 Å². The van der Waals surface area contributed by atoms with Crippen LogP contribution in [0.15, 0.2) is 28.5 Å². The number of sulfonamides is 1. The first-order valence-corrected chi connectivity index (χ1v) is 13.2. The SMILES string of the molecule is CCN(CC)S(=O)(=O)c1cc(C(=O)Nc2nc(CN3CCC[C@H](C)C3)cs2)ccc1Cl. The predicted molar refractivity (Wildman–Crippen MR) is 125 cm³/mol.